The van der Waals surface area contributed by atoms with E-state index in [4.69, 9.17) is 0 Å². The van der Waals surface area contributed by atoms with E-state index in [0.29, 0.717) is 29.5 Å². The second-order valence-electron chi connectivity index (χ2n) is 5.92. The highest BCUT2D eigenvalue weighted by molar-refractivity contribution is 7.13. The third-order valence-corrected chi connectivity index (χ3v) is 5.15. The number of thiazole rings is 1. The Morgan fingerprint density at radius 2 is 1.85 bits per heavy atom. The third-order valence-electron chi connectivity index (χ3n) is 4.29. The molecule has 2 aromatic heterocycles. The van der Waals surface area contributed by atoms with Crippen molar-refractivity contribution in [3.63, 3.8) is 0 Å². The fourth-order valence-electron chi connectivity index (χ4n) is 2.89. The molecule has 1 amide bonds. The van der Waals surface area contributed by atoms with Crippen LogP contribution in [0.3, 0.4) is 0 Å². The van der Waals surface area contributed by atoms with E-state index in [1.54, 1.807) is 36.1 Å². The van der Waals surface area contributed by atoms with Gasteiger partial charge in [0.1, 0.15) is 22.1 Å². The minimum absolute atomic E-state index is 0.0539. The number of aromatic nitrogens is 3. The average molecular weight is 367 g/mol. The molecule has 0 atom stereocenters. The molecule has 0 saturated carbocycles. The number of phenolic OH excluding ortho intramolecular Hbond substituents is 1. The van der Waals surface area contributed by atoms with Crippen LogP contribution in [0.25, 0.3) is 10.7 Å². The number of benzene rings is 1. The van der Waals surface area contributed by atoms with E-state index in [2.05, 4.69) is 19.9 Å². The van der Waals surface area contributed by atoms with Crippen molar-refractivity contribution in [3.8, 4) is 16.5 Å². The number of piperazine rings is 1. The van der Waals surface area contributed by atoms with Gasteiger partial charge in [-0.1, -0.05) is 0 Å². The molecule has 1 N–H and O–H groups in total. The van der Waals surface area contributed by atoms with Crippen LogP contribution in [0.2, 0.25) is 0 Å². The first-order chi connectivity index (χ1) is 12.7. The Hall–Kier alpha value is -3.00. The number of carbonyl (C=O) groups excluding carboxylic acids is 1. The van der Waals surface area contributed by atoms with Gasteiger partial charge < -0.3 is 14.9 Å². The molecule has 0 aliphatic carbocycles. The van der Waals surface area contributed by atoms with Crippen LogP contribution in [-0.2, 0) is 0 Å². The Morgan fingerprint density at radius 1 is 1.08 bits per heavy atom. The molecule has 1 fully saturated rings. The lowest BCUT2D eigenvalue weighted by Crippen LogP contribution is -2.48. The summed E-state index contributed by atoms with van der Waals surface area (Å²) in [6.07, 6.45) is 4.86. The zero-order chi connectivity index (χ0) is 17.9. The van der Waals surface area contributed by atoms with Crippen molar-refractivity contribution in [2.75, 3.05) is 31.1 Å². The number of phenols is 1. The Kier molecular flexibility index (Phi) is 4.49. The maximum Gasteiger partial charge on any atom is 0.273 e. The summed E-state index contributed by atoms with van der Waals surface area (Å²) in [5.41, 5.74) is 2.18. The van der Waals surface area contributed by atoms with Gasteiger partial charge in [-0.05, 0) is 24.3 Å². The SMILES string of the molecule is O=C(c1csc(-c2cnccn2)n1)N1CCN(c2ccc(O)cc2)CC1. The molecule has 0 radical (unpaired) electrons. The van der Waals surface area contributed by atoms with E-state index >= 15 is 0 Å². The fraction of sp³-hybridized carbons (Fsp3) is 0.222. The zero-order valence-electron chi connectivity index (χ0n) is 13.9. The molecule has 26 heavy (non-hydrogen) atoms. The predicted molar refractivity (Wildman–Crippen MR) is 99.4 cm³/mol. The van der Waals surface area contributed by atoms with Gasteiger partial charge in [-0.3, -0.25) is 14.8 Å². The molecule has 8 heteroatoms. The lowest BCUT2D eigenvalue weighted by molar-refractivity contribution is 0.0742. The van der Waals surface area contributed by atoms with Crippen molar-refractivity contribution in [2.45, 2.75) is 0 Å². The molecule has 1 saturated heterocycles. The molecule has 0 spiro atoms. The summed E-state index contributed by atoms with van der Waals surface area (Å²) in [4.78, 5) is 29.4. The topological polar surface area (TPSA) is 82.5 Å². The van der Waals surface area contributed by atoms with Gasteiger partial charge in [0.2, 0.25) is 0 Å². The van der Waals surface area contributed by atoms with Gasteiger partial charge in [0.15, 0.2) is 0 Å². The summed E-state index contributed by atoms with van der Waals surface area (Å²) in [6, 6.07) is 7.13. The monoisotopic (exact) mass is 367 g/mol. The average Bonchev–Trinajstić information content (AvgIpc) is 3.19. The molecule has 3 heterocycles. The number of aromatic hydroxyl groups is 1. The summed E-state index contributed by atoms with van der Waals surface area (Å²) in [7, 11) is 0. The van der Waals surface area contributed by atoms with Gasteiger partial charge in [-0.15, -0.1) is 11.3 Å². The summed E-state index contributed by atoms with van der Waals surface area (Å²) in [5.74, 6) is 0.201. The van der Waals surface area contributed by atoms with Crippen molar-refractivity contribution in [1.82, 2.24) is 19.9 Å². The number of amides is 1. The molecule has 3 aromatic rings. The molecular weight excluding hydrogens is 350 g/mol. The Balaban J connectivity index is 1.41. The summed E-state index contributed by atoms with van der Waals surface area (Å²) in [6.45, 7) is 2.77. The van der Waals surface area contributed by atoms with E-state index in [-0.39, 0.29) is 11.7 Å². The van der Waals surface area contributed by atoms with Crippen molar-refractivity contribution >= 4 is 22.9 Å². The Bertz CT molecular complexity index is 889. The highest BCUT2D eigenvalue weighted by atomic mass is 32.1. The van der Waals surface area contributed by atoms with Crippen molar-refractivity contribution in [1.29, 1.82) is 0 Å². The number of rotatable bonds is 3. The van der Waals surface area contributed by atoms with E-state index < -0.39 is 0 Å². The molecular formula is C18H17N5O2S. The maximum atomic E-state index is 12.7. The second kappa shape index (κ2) is 7.09. The maximum absolute atomic E-state index is 12.7. The number of carbonyl (C=O) groups is 1. The zero-order valence-corrected chi connectivity index (χ0v) is 14.8. The minimum atomic E-state index is -0.0539. The molecule has 1 aliphatic rings. The summed E-state index contributed by atoms with van der Waals surface area (Å²) in [5, 5.41) is 11.9. The molecule has 1 aromatic carbocycles. The highest BCUT2D eigenvalue weighted by Crippen LogP contribution is 2.23. The van der Waals surface area contributed by atoms with E-state index in [1.807, 2.05) is 17.0 Å². The Morgan fingerprint density at radius 3 is 2.54 bits per heavy atom. The van der Waals surface area contributed by atoms with Gasteiger partial charge in [0.25, 0.3) is 5.91 Å². The molecule has 1 aliphatic heterocycles. The van der Waals surface area contributed by atoms with Crippen LogP contribution in [0.4, 0.5) is 5.69 Å². The largest absolute Gasteiger partial charge is 0.508 e. The van der Waals surface area contributed by atoms with E-state index in [1.165, 1.54) is 11.3 Å². The first-order valence-electron chi connectivity index (χ1n) is 8.26. The molecule has 0 bridgehead atoms. The van der Waals surface area contributed by atoms with Crippen LogP contribution < -0.4 is 4.90 Å². The summed E-state index contributed by atoms with van der Waals surface area (Å²) < 4.78 is 0. The van der Waals surface area contributed by atoms with Crippen molar-refractivity contribution < 1.29 is 9.90 Å². The van der Waals surface area contributed by atoms with Crippen molar-refractivity contribution in [2.24, 2.45) is 0 Å². The number of hydrogen-bond acceptors (Lipinski definition) is 7. The number of anilines is 1. The Labute approximate surface area is 154 Å². The van der Waals surface area contributed by atoms with Crippen LogP contribution in [0.5, 0.6) is 5.75 Å². The summed E-state index contributed by atoms with van der Waals surface area (Å²) >= 11 is 1.40. The quantitative estimate of drug-likeness (QED) is 0.765. The normalized spacial score (nSPS) is 14.5. The highest BCUT2D eigenvalue weighted by Gasteiger charge is 2.24. The smallest absolute Gasteiger partial charge is 0.273 e. The van der Waals surface area contributed by atoms with Crippen LogP contribution in [0, 0.1) is 0 Å². The standard InChI is InChI=1S/C18H17N5O2S/c24-14-3-1-13(2-4-14)22-7-9-23(10-8-22)18(25)16-12-26-17(21-16)15-11-19-5-6-20-15/h1-6,11-12,24H,7-10H2. The van der Waals surface area contributed by atoms with Gasteiger partial charge in [0.05, 0.1) is 6.20 Å². The van der Waals surface area contributed by atoms with Gasteiger partial charge in [-0.2, -0.15) is 0 Å². The van der Waals surface area contributed by atoms with E-state index in [0.717, 1.165) is 18.8 Å². The van der Waals surface area contributed by atoms with Crippen LogP contribution in [-0.4, -0.2) is 57.0 Å². The van der Waals surface area contributed by atoms with Crippen LogP contribution >= 0.6 is 11.3 Å². The molecule has 7 nitrogen and oxygen atoms in total. The molecule has 132 valence electrons. The lowest BCUT2D eigenvalue weighted by atomic mass is 10.2. The first kappa shape index (κ1) is 16.5. The van der Waals surface area contributed by atoms with Crippen molar-refractivity contribution in [3.05, 3.63) is 53.9 Å². The lowest BCUT2D eigenvalue weighted by Gasteiger charge is -2.35. The predicted octanol–water partition coefficient (Wildman–Crippen LogP) is 2.27. The van der Waals surface area contributed by atoms with Gasteiger partial charge >= 0.3 is 0 Å². The first-order valence-corrected chi connectivity index (χ1v) is 9.14. The fourth-order valence-corrected chi connectivity index (χ4v) is 3.65. The van der Waals surface area contributed by atoms with Crippen LogP contribution in [0.1, 0.15) is 10.5 Å². The van der Waals surface area contributed by atoms with Gasteiger partial charge in [-0.25, -0.2) is 4.98 Å². The molecule has 4 rings (SSSR count). The minimum Gasteiger partial charge on any atom is -0.508 e. The van der Waals surface area contributed by atoms with Gasteiger partial charge in [0, 0.05) is 49.6 Å². The number of hydrogen-bond donors (Lipinski definition) is 1. The van der Waals surface area contributed by atoms with Crippen LogP contribution in [0.15, 0.2) is 48.2 Å². The van der Waals surface area contributed by atoms with E-state index in [9.17, 15) is 9.90 Å². The number of nitrogens with zero attached hydrogens (tertiary/aromatic N) is 5. The third kappa shape index (κ3) is 3.36. The second-order valence-corrected chi connectivity index (χ2v) is 6.78. The molecule has 0 unspecified atom stereocenters.